The van der Waals surface area contributed by atoms with E-state index in [4.69, 9.17) is 9.15 Å². The predicted octanol–water partition coefficient (Wildman–Crippen LogP) is 1.21. The summed E-state index contributed by atoms with van der Waals surface area (Å²) in [7, 11) is 1.74. The van der Waals surface area contributed by atoms with E-state index in [2.05, 4.69) is 5.32 Å². The normalized spacial score (nSPS) is 19.7. The molecule has 16 heavy (non-hydrogen) atoms. The summed E-state index contributed by atoms with van der Waals surface area (Å²) < 4.78 is 10.4. The molecule has 0 saturated carbocycles. The summed E-state index contributed by atoms with van der Waals surface area (Å²) in [6.45, 7) is 1.82. The Morgan fingerprint density at radius 3 is 3.19 bits per heavy atom. The van der Waals surface area contributed by atoms with E-state index >= 15 is 0 Å². The van der Waals surface area contributed by atoms with Gasteiger partial charge in [-0.1, -0.05) is 0 Å². The Morgan fingerprint density at radius 1 is 1.69 bits per heavy atom. The van der Waals surface area contributed by atoms with Crippen molar-refractivity contribution in [1.82, 2.24) is 10.2 Å². The zero-order valence-corrected chi connectivity index (χ0v) is 9.31. The van der Waals surface area contributed by atoms with Gasteiger partial charge in [0.15, 0.2) is 0 Å². The lowest BCUT2D eigenvalue weighted by molar-refractivity contribution is 0.180. The molecule has 88 valence electrons. The van der Waals surface area contributed by atoms with Gasteiger partial charge in [0.05, 0.1) is 25.5 Å². The maximum Gasteiger partial charge on any atom is 0.317 e. The summed E-state index contributed by atoms with van der Waals surface area (Å²) >= 11 is 0. The summed E-state index contributed by atoms with van der Waals surface area (Å²) in [5, 5.41) is 2.91. The Balaban J connectivity index is 1.79. The van der Waals surface area contributed by atoms with E-state index in [1.54, 1.807) is 18.2 Å². The highest BCUT2D eigenvalue weighted by Crippen LogP contribution is 2.06. The second-order valence-corrected chi connectivity index (χ2v) is 3.95. The predicted molar refractivity (Wildman–Crippen MR) is 57.9 cm³/mol. The zero-order chi connectivity index (χ0) is 11.4. The topological polar surface area (TPSA) is 54.7 Å². The number of hydrogen-bond donors (Lipinski definition) is 1. The lowest BCUT2D eigenvalue weighted by Gasteiger charge is -2.19. The number of rotatable bonds is 3. The van der Waals surface area contributed by atoms with E-state index in [0.717, 1.165) is 18.8 Å². The molecule has 2 rings (SSSR count). The summed E-state index contributed by atoms with van der Waals surface area (Å²) in [5.74, 6) is 0.778. The average Bonchev–Trinajstić information content (AvgIpc) is 2.90. The molecular formula is C11H16N2O3. The molecule has 1 aliphatic rings. The first-order valence-electron chi connectivity index (χ1n) is 5.37. The smallest absolute Gasteiger partial charge is 0.317 e. The molecule has 0 bridgehead atoms. The van der Waals surface area contributed by atoms with E-state index < -0.39 is 0 Å². The van der Waals surface area contributed by atoms with Gasteiger partial charge in [-0.15, -0.1) is 0 Å². The molecule has 2 heterocycles. The summed E-state index contributed by atoms with van der Waals surface area (Å²) in [6.07, 6.45) is 2.49. The highest BCUT2D eigenvalue weighted by Gasteiger charge is 2.19. The molecule has 1 N–H and O–H groups in total. The van der Waals surface area contributed by atoms with Crippen LogP contribution in [-0.4, -0.2) is 37.2 Å². The molecule has 0 aromatic carbocycles. The van der Waals surface area contributed by atoms with Crippen LogP contribution in [0.1, 0.15) is 12.2 Å². The molecule has 1 aliphatic heterocycles. The van der Waals surface area contributed by atoms with Crippen molar-refractivity contribution in [3.8, 4) is 0 Å². The van der Waals surface area contributed by atoms with Crippen LogP contribution < -0.4 is 5.32 Å². The van der Waals surface area contributed by atoms with E-state index in [1.165, 1.54) is 0 Å². The summed E-state index contributed by atoms with van der Waals surface area (Å²) in [4.78, 5) is 13.3. The molecule has 1 unspecified atom stereocenters. The SMILES string of the molecule is CN(Cc1ccco1)C(=O)NC1CCOC1. The van der Waals surface area contributed by atoms with Gasteiger partial charge in [0.1, 0.15) is 5.76 Å². The number of ether oxygens (including phenoxy) is 1. The fourth-order valence-electron chi connectivity index (χ4n) is 1.64. The van der Waals surface area contributed by atoms with Crippen molar-refractivity contribution in [2.45, 2.75) is 19.0 Å². The summed E-state index contributed by atoms with van der Waals surface area (Å²) in [6, 6.07) is 3.72. The van der Waals surface area contributed by atoms with Crippen molar-refractivity contribution in [3.63, 3.8) is 0 Å². The fourth-order valence-corrected chi connectivity index (χ4v) is 1.64. The molecule has 0 aliphatic carbocycles. The first kappa shape index (κ1) is 11.0. The van der Waals surface area contributed by atoms with Crippen LogP contribution in [0.2, 0.25) is 0 Å². The van der Waals surface area contributed by atoms with Crippen LogP contribution in [0.3, 0.4) is 0 Å². The van der Waals surface area contributed by atoms with E-state index in [1.807, 2.05) is 12.1 Å². The first-order valence-corrected chi connectivity index (χ1v) is 5.37. The largest absolute Gasteiger partial charge is 0.467 e. The number of hydrogen-bond acceptors (Lipinski definition) is 3. The van der Waals surface area contributed by atoms with Gasteiger partial charge >= 0.3 is 6.03 Å². The number of furan rings is 1. The molecule has 1 fully saturated rings. The van der Waals surface area contributed by atoms with Gasteiger partial charge in [0, 0.05) is 13.7 Å². The number of nitrogens with zero attached hydrogens (tertiary/aromatic N) is 1. The maximum atomic E-state index is 11.7. The Bertz CT molecular complexity index is 331. The Labute approximate surface area is 94.4 Å². The van der Waals surface area contributed by atoms with E-state index in [0.29, 0.717) is 13.2 Å². The molecular weight excluding hydrogens is 208 g/mol. The van der Waals surface area contributed by atoms with Gasteiger partial charge in [0.25, 0.3) is 0 Å². The third-order valence-electron chi connectivity index (χ3n) is 2.58. The molecule has 5 nitrogen and oxygen atoms in total. The van der Waals surface area contributed by atoms with Crippen LogP contribution in [0.4, 0.5) is 4.79 Å². The quantitative estimate of drug-likeness (QED) is 0.839. The van der Waals surface area contributed by atoms with Crippen LogP contribution in [0.25, 0.3) is 0 Å². The van der Waals surface area contributed by atoms with Crippen molar-refractivity contribution in [2.75, 3.05) is 20.3 Å². The Morgan fingerprint density at radius 2 is 2.56 bits per heavy atom. The first-order chi connectivity index (χ1) is 7.75. The van der Waals surface area contributed by atoms with Gasteiger partial charge in [-0.25, -0.2) is 4.79 Å². The second kappa shape index (κ2) is 5.03. The molecule has 0 spiro atoms. The standard InChI is InChI=1S/C11H16N2O3/c1-13(7-10-3-2-5-16-10)11(14)12-9-4-6-15-8-9/h2-3,5,9H,4,6-8H2,1H3,(H,12,14). The van der Waals surface area contributed by atoms with Gasteiger partial charge in [-0.2, -0.15) is 0 Å². The average molecular weight is 224 g/mol. The maximum absolute atomic E-state index is 11.7. The highest BCUT2D eigenvalue weighted by atomic mass is 16.5. The number of carbonyl (C=O) groups is 1. The number of amides is 2. The highest BCUT2D eigenvalue weighted by molar-refractivity contribution is 5.74. The third-order valence-corrected chi connectivity index (χ3v) is 2.58. The van der Waals surface area contributed by atoms with Gasteiger partial charge in [0.2, 0.25) is 0 Å². The van der Waals surface area contributed by atoms with Crippen LogP contribution in [0, 0.1) is 0 Å². The molecule has 1 atom stereocenters. The Hall–Kier alpha value is -1.49. The van der Waals surface area contributed by atoms with Crippen molar-refractivity contribution in [1.29, 1.82) is 0 Å². The lowest BCUT2D eigenvalue weighted by atomic mass is 10.3. The van der Waals surface area contributed by atoms with Gasteiger partial charge < -0.3 is 19.4 Å². The Kier molecular flexibility index (Phi) is 3.46. The molecule has 1 saturated heterocycles. The van der Waals surface area contributed by atoms with Crippen LogP contribution in [-0.2, 0) is 11.3 Å². The third kappa shape index (κ3) is 2.76. The van der Waals surface area contributed by atoms with Crippen molar-refractivity contribution < 1.29 is 13.9 Å². The van der Waals surface area contributed by atoms with Crippen LogP contribution in [0.15, 0.2) is 22.8 Å². The fraction of sp³-hybridized carbons (Fsp3) is 0.545. The molecule has 0 radical (unpaired) electrons. The molecule has 1 aromatic rings. The monoisotopic (exact) mass is 224 g/mol. The summed E-state index contributed by atoms with van der Waals surface area (Å²) in [5.41, 5.74) is 0. The van der Waals surface area contributed by atoms with Crippen molar-refractivity contribution in [3.05, 3.63) is 24.2 Å². The second-order valence-electron chi connectivity index (χ2n) is 3.95. The van der Waals surface area contributed by atoms with Crippen LogP contribution >= 0.6 is 0 Å². The minimum Gasteiger partial charge on any atom is -0.467 e. The van der Waals surface area contributed by atoms with Crippen molar-refractivity contribution in [2.24, 2.45) is 0 Å². The minimum absolute atomic E-state index is 0.0908. The lowest BCUT2D eigenvalue weighted by Crippen LogP contribution is -2.42. The van der Waals surface area contributed by atoms with Crippen LogP contribution in [0.5, 0.6) is 0 Å². The molecule has 2 amide bonds. The molecule has 5 heteroatoms. The number of nitrogens with one attached hydrogen (secondary N) is 1. The zero-order valence-electron chi connectivity index (χ0n) is 9.31. The number of carbonyl (C=O) groups excluding carboxylic acids is 1. The van der Waals surface area contributed by atoms with Gasteiger partial charge in [-0.3, -0.25) is 0 Å². The van der Waals surface area contributed by atoms with Crippen molar-refractivity contribution >= 4 is 6.03 Å². The van der Waals surface area contributed by atoms with E-state index in [9.17, 15) is 4.79 Å². The molecule has 1 aromatic heterocycles. The van der Waals surface area contributed by atoms with Gasteiger partial charge in [-0.05, 0) is 18.6 Å². The minimum atomic E-state index is -0.0908. The number of urea groups is 1. The van der Waals surface area contributed by atoms with E-state index in [-0.39, 0.29) is 12.1 Å².